The van der Waals surface area contributed by atoms with Crippen LogP contribution >= 0.6 is 11.6 Å². The normalized spacial score (nSPS) is 10.9. The topological polar surface area (TPSA) is 71.4 Å². The van der Waals surface area contributed by atoms with Gasteiger partial charge in [-0.15, -0.1) is 6.58 Å². The van der Waals surface area contributed by atoms with Crippen LogP contribution < -0.4 is 14.8 Å². The van der Waals surface area contributed by atoms with Crippen molar-refractivity contribution in [3.05, 3.63) is 106 Å². The highest BCUT2D eigenvalue weighted by molar-refractivity contribution is 6.31. The van der Waals surface area contributed by atoms with E-state index in [9.17, 15) is 14.4 Å². The summed E-state index contributed by atoms with van der Waals surface area (Å²) in [5.41, 5.74) is 2.45. The minimum Gasteiger partial charge on any atom is -0.490 e. The molecule has 3 aromatic rings. The fourth-order valence-electron chi connectivity index (χ4n) is 3.31. The van der Waals surface area contributed by atoms with E-state index in [1.165, 1.54) is 30.3 Å². The van der Waals surface area contributed by atoms with Gasteiger partial charge < -0.3 is 14.8 Å². The number of nitrogens with zero attached hydrogens (tertiary/aromatic N) is 1. The zero-order valence-electron chi connectivity index (χ0n) is 19.2. The largest absolute Gasteiger partial charge is 0.490 e. The number of nitriles is 1. The Morgan fingerprint density at radius 1 is 1.14 bits per heavy atom. The van der Waals surface area contributed by atoms with E-state index in [-0.39, 0.29) is 12.2 Å². The van der Waals surface area contributed by atoms with Crippen molar-refractivity contribution in [2.45, 2.75) is 20.0 Å². The summed E-state index contributed by atoms with van der Waals surface area (Å²) in [6.45, 7) is 6.30. The van der Waals surface area contributed by atoms with Gasteiger partial charge in [-0.1, -0.05) is 35.9 Å². The second-order valence-electron chi connectivity index (χ2n) is 7.44. The molecular weight excluding hydrogens is 467 g/mol. The molecule has 3 rings (SSSR count). The molecule has 5 nitrogen and oxygen atoms in total. The van der Waals surface area contributed by atoms with Gasteiger partial charge in [0, 0.05) is 21.8 Å². The van der Waals surface area contributed by atoms with Gasteiger partial charge >= 0.3 is 0 Å². The molecule has 1 N–H and O–H groups in total. The van der Waals surface area contributed by atoms with E-state index in [2.05, 4.69) is 11.9 Å². The summed E-state index contributed by atoms with van der Waals surface area (Å²) in [7, 11) is 0. The smallest absolute Gasteiger partial charge is 0.266 e. The van der Waals surface area contributed by atoms with Crippen molar-refractivity contribution in [2.75, 3.05) is 11.9 Å². The standard InChI is InChI=1S/C28H24ClFN2O3/c1-3-7-20-14-19(15-22(17-31)28(33)32-24-12-10-23(30)11-13-24)16-26(34-4-2)27(20)35-18-21-8-5-6-9-25(21)29/h3,5-6,8-16H,1,4,7,18H2,2H3,(H,32,33)/b22-15+. The van der Waals surface area contributed by atoms with E-state index < -0.39 is 11.7 Å². The molecule has 0 fully saturated rings. The number of hydrogen-bond acceptors (Lipinski definition) is 4. The summed E-state index contributed by atoms with van der Waals surface area (Å²) < 4.78 is 25.1. The molecule has 35 heavy (non-hydrogen) atoms. The Bertz CT molecular complexity index is 1280. The zero-order valence-corrected chi connectivity index (χ0v) is 19.9. The zero-order chi connectivity index (χ0) is 25.2. The van der Waals surface area contributed by atoms with Crippen molar-refractivity contribution >= 4 is 29.3 Å². The van der Waals surface area contributed by atoms with Crippen molar-refractivity contribution < 1.29 is 18.7 Å². The molecule has 7 heteroatoms. The maximum absolute atomic E-state index is 13.1. The van der Waals surface area contributed by atoms with Gasteiger partial charge in [-0.3, -0.25) is 4.79 Å². The van der Waals surface area contributed by atoms with E-state index >= 15 is 0 Å². The van der Waals surface area contributed by atoms with E-state index in [0.717, 1.165) is 11.1 Å². The van der Waals surface area contributed by atoms with Gasteiger partial charge in [0.25, 0.3) is 5.91 Å². The van der Waals surface area contributed by atoms with Gasteiger partial charge in [0.2, 0.25) is 0 Å². The Hall–Kier alpha value is -4.08. The predicted octanol–water partition coefficient (Wildman–Crippen LogP) is 6.73. The maximum Gasteiger partial charge on any atom is 0.266 e. The first-order chi connectivity index (χ1) is 16.9. The van der Waals surface area contributed by atoms with Crippen molar-refractivity contribution in [1.29, 1.82) is 5.26 Å². The molecule has 0 bridgehead atoms. The van der Waals surface area contributed by atoms with E-state index in [4.69, 9.17) is 21.1 Å². The number of nitrogens with one attached hydrogen (secondary N) is 1. The van der Waals surface area contributed by atoms with Gasteiger partial charge in [-0.05, 0) is 67.4 Å². The number of rotatable bonds is 10. The second-order valence-corrected chi connectivity index (χ2v) is 7.85. The Balaban J connectivity index is 1.93. The van der Waals surface area contributed by atoms with E-state index in [1.807, 2.05) is 37.3 Å². The van der Waals surface area contributed by atoms with Crippen molar-refractivity contribution in [3.63, 3.8) is 0 Å². The Labute approximate surface area is 209 Å². The molecule has 0 aliphatic heterocycles. The molecule has 0 saturated heterocycles. The Morgan fingerprint density at radius 2 is 1.89 bits per heavy atom. The first-order valence-electron chi connectivity index (χ1n) is 10.9. The van der Waals surface area contributed by atoms with Crippen LogP contribution in [-0.2, 0) is 17.8 Å². The van der Waals surface area contributed by atoms with E-state index in [0.29, 0.717) is 40.8 Å². The number of anilines is 1. The molecule has 3 aromatic carbocycles. The first kappa shape index (κ1) is 25.5. The third kappa shape index (κ3) is 6.95. The Kier molecular flexibility index (Phi) is 9.05. The summed E-state index contributed by atoms with van der Waals surface area (Å²) >= 11 is 6.26. The molecule has 0 saturated carbocycles. The number of halogens is 2. The molecule has 0 unspecified atom stereocenters. The number of allylic oxidation sites excluding steroid dienone is 1. The van der Waals surface area contributed by atoms with Crippen LogP contribution in [0.3, 0.4) is 0 Å². The molecule has 0 spiro atoms. The molecule has 0 heterocycles. The fourth-order valence-corrected chi connectivity index (χ4v) is 3.50. The highest BCUT2D eigenvalue weighted by atomic mass is 35.5. The average molecular weight is 491 g/mol. The number of ether oxygens (including phenoxy) is 2. The van der Waals surface area contributed by atoms with Crippen LogP contribution in [0.2, 0.25) is 5.02 Å². The molecule has 1 amide bonds. The number of carbonyl (C=O) groups is 1. The third-order valence-electron chi connectivity index (χ3n) is 4.93. The molecule has 0 atom stereocenters. The van der Waals surface area contributed by atoms with Gasteiger partial charge in [-0.2, -0.15) is 5.26 Å². The number of hydrogen-bond donors (Lipinski definition) is 1. The maximum atomic E-state index is 13.1. The summed E-state index contributed by atoms with van der Waals surface area (Å²) in [5, 5.41) is 12.8. The average Bonchev–Trinajstić information content (AvgIpc) is 2.84. The van der Waals surface area contributed by atoms with Crippen molar-refractivity contribution in [1.82, 2.24) is 0 Å². The highest BCUT2D eigenvalue weighted by Gasteiger charge is 2.16. The van der Waals surface area contributed by atoms with Crippen LogP contribution in [0.1, 0.15) is 23.6 Å². The van der Waals surface area contributed by atoms with E-state index in [1.54, 1.807) is 18.2 Å². The van der Waals surface area contributed by atoms with Crippen LogP contribution in [0.4, 0.5) is 10.1 Å². The molecule has 0 aliphatic carbocycles. The quantitative estimate of drug-likeness (QED) is 0.194. The van der Waals surface area contributed by atoms with Crippen LogP contribution in [0.25, 0.3) is 6.08 Å². The third-order valence-corrected chi connectivity index (χ3v) is 5.29. The van der Waals surface area contributed by atoms with Gasteiger partial charge in [0.05, 0.1) is 6.61 Å². The summed E-state index contributed by atoms with van der Waals surface area (Å²) in [6, 6.07) is 18.1. The van der Waals surface area contributed by atoms with Crippen LogP contribution in [0, 0.1) is 17.1 Å². The molecule has 0 radical (unpaired) electrons. The molecule has 0 aromatic heterocycles. The summed E-state index contributed by atoms with van der Waals surface area (Å²) in [6.07, 6.45) is 3.67. The summed E-state index contributed by atoms with van der Waals surface area (Å²) in [5.74, 6) is -0.0186. The van der Waals surface area contributed by atoms with Crippen LogP contribution in [-0.4, -0.2) is 12.5 Å². The van der Waals surface area contributed by atoms with Gasteiger partial charge in [-0.25, -0.2) is 4.39 Å². The first-order valence-corrected chi connectivity index (χ1v) is 11.3. The van der Waals surface area contributed by atoms with Crippen LogP contribution in [0.15, 0.2) is 78.9 Å². The number of amides is 1. The monoisotopic (exact) mass is 490 g/mol. The Morgan fingerprint density at radius 3 is 2.54 bits per heavy atom. The lowest BCUT2D eigenvalue weighted by Gasteiger charge is -2.17. The molecule has 0 aliphatic rings. The fraction of sp³-hybridized carbons (Fsp3) is 0.143. The molecular formula is C28H24ClFN2O3. The SMILES string of the molecule is C=CCc1cc(/C=C(\C#N)C(=O)Nc2ccc(F)cc2)cc(OCC)c1OCc1ccccc1Cl. The van der Waals surface area contributed by atoms with Crippen molar-refractivity contribution in [3.8, 4) is 17.6 Å². The van der Waals surface area contributed by atoms with Gasteiger partial charge in [0.15, 0.2) is 11.5 Å². The summed E-state index contributed by atoms with van der Waals surface area (Å²) in [4.78, 5) is 12.6. The highest BCUT2D eigenvalue weighted by Crippen LogP contribution is 2.36. The van der Waals surface area contributed by atoms with Crippen molar-refractivity contribution in [2.24, 2.45) is 0 Å². The predicted molar refractivity (Wildman–Crippen MR) is 136 cm³/mol. The molecule has 178 valence electrons. The number of benzene rings is 3. The van der Waals surface area contributed by atoms with Crippen LogP contribution in [0.5, 0.6) is 11.5 Å². The minimum atomic E-state index is -0.610. The minimum absolute atomic E-state index is 0.119. The lowest BCUT2D eigenvalue weighted by Crippen LogP contribution is -2.13. The second kappa shape index (κ2) is 12.4. The van der Waals surface area contributed by atoms with Gasteiger partial charge in [0.1, 0.15) is 24.1 Å². The lowest BCUT2D eigenvalue weighted by atomic mass is 10.0. The lowest BCUT2D eigenvalue weighted by molar-refractivity contribution is -0.112. The number of carbonyl (C=O) groups excluding carboxylic acids is 1.